The molecule has 0 fully saturated rings. The molecule has 0 bridgehead atoms. The highest BCUT2D eigenvalue weighted by molar-refractivity contribution is 7.90. The highest BCUT2D eigenvalue weighted by Crippen LogP contribution is 2.23. The zero-order valence-corrected chi connectivity index (χ0v) is 15.7. The van der Waals surface area contributed by atoms with Gasteiger partial charge in [-0.2, -0.15) is 0 Å². The van der Waals surface area contributed by atoms with Crippen LogP contribution < -0.4 is 5.73 Å². The molecule has 2 N–H and O–H groups in total. The van der Waals surface area contributed by atoms with Gasteiger partial charge in [-0.05, 0) is 6.07 Å². The van der Waals surface area contributed by atoms with E-state index < -0.39 is 19.7 Å². The summed E-state index contributed by atoms with van der Waals surface area (Å²) in [6, 6.07) is 1.55. The van der Waals surface area contributed by atoms with Gasteiger partial charge < -0.3 is 5.73 Å². The Morgan fingerprint density at radius 2 is 1.04 bits per heavy atom. The monoisotopic (exact) mass is 407 g/mol. The Bertz CT molecular complexity index is 1120. The zero-order valence-electron chi connectivity index (χ0n) is 14.1. The number of nitrogen functional groups attached to an aromatic ring is 1. The minimum Gasteiger partial charge on any atom is -0.368 e. The minimum atomic E-state index is -3.52. The van der Waals surface area contributed by atoms with Crippen molar-refractivity contribution in [3.8, 4) is 22.5 Å². The van der Waals surface area contributed by atoms with E-state index in [0.717, 1.165) is 12.5 Å². The van der Waals surface area contributed by atoms with E-state index in [4.69, 9.17) is 5.73 Å². The Kier molecular flexibility index (Phi) is 4.57. The first-order valence-electron chi connectivity index (χ1n) is 7.23. The van der Waals surface area contributed by atoms with Crippen LogP contribution in [0.4, 0.5) is 5.95 Å². The molecule has 11 nitrogen and oxygen atoms in total. The third kappa shape index (κ3) is 4.20. The van der Waals surface area contributed by atoms with E-state index >= 15 is 0 Å². The SMILES string of the molecule is CS(=O)(=O)c1ncc(-c2cc(-c3cnc(S(C)(=O)=O)nc3)nc(N)n2)cn1. The summed E-state index contributed by atoms with van der Waals surface area (Å²) in [5.41, 5.74) is 7.29. The smallest absolute Gasteiger partial charge is 0.246 e. The van der Waals surface area contributed by atoms with Crippen LogP contribution in [0.5, 0.6) is 0 Å². The lowest BCUT2D eigenvalue weighted by Crippen LogP contribution is -2.05. The van der Waals surface area contributed by atoms with E-state index in [0.29, 0.717) is 22.5 Å². The van der Waals surface area contributed by atoms with Crippen LogP contribution in [0.1, 0.15) is 0 Å². The third-order valence-corrected chi connectivity index (χ3v) is 5.00. The predicted octanol–water partition coefficient (Wildman–Crippen LogP) is -0.220. The van der Waals surface area contributed by atoms with Crippen molar-refractivity contribution in [1.29, 1.82) is 0 Å². The standard InChI is InChI=1S/C14H13N7O4S2/c1-26(22,23)13-16-4-8(5-17-13)10-3-11(21-12(15)20-10)9-6-18-14(19-7-9)27(2,24)25/h3-7H,1-2H3,(H2,15,20,21). The molecule has 0 radical (unpaired) electrons. The molecule has 13 heteroatoms. The van der Waals surface area contributed by atoms with E-state index in [9.17, 15) is 16.8 Å². The molecule has 0 saturated carbocycles. The van der Waals surface area contributed by atoms with E-state index in [-0.39, 0.29) is 16.3 Å². The van der Waals surface area contributed by atoms with Crippen LogP contribution in [0.25, 0.3) is 22.5 Å². The summed E-state index contributed by atoms with van der Waals surface area (Å²) in [5, 5.41) is -0.614. The molecule has 0 aliphatic carbocycles. The van der Waals surface area contributed by atoms with Crippen LogP contribution in [-0.2, 0) is 19.7 Å². The number of aromatic nitrogens is 6. The van der Waals surface area contributed by atoms with Gasteiger partial charge in [-0.25, -0.2) is 46.7 Å². The van der Waals surface area contributed by atoms with Crippen molar-refractivity contribution in [3.63, 3.8) is 0 Å². The first-order valence-corrected chi connectivity index (χ1v) is 11.0. The van der Waals surface area contributed by atoms with E-state index in [1.54, 1.807) is 6.07 Å². The zero-order chi connectivity index (χ0) is 19.8. The van der Waals surface area contributed by atoms with Crippen molar-refractivity contribution in [3.05, 3.63) is 30.9 Å². The van der Waals surface area contributed by atoms with Crippen molar-refractivity contribution in [2.24, 2.45) is 0 Å². The summed E-state index contributed by atoms with van der Waals surface area (Å²) in [6.07, 6.45) is 7.22. The number of anilines is 1. The van der Waals surface area contributed by atoms with Gasteiger partial charge in [-0.3, -0.25) is 0 Å². The molecule has 0 spiro atoms. The summed E-state index contributed by atoms with van der Waals surface area (Å²) in [5.74, 6) is -0.0538. The normalized spacial score (nSPS) is 12.1. The third-order valence-electron chi connectivity index (χ3n) is 3.25. The summed E-state index contributed by atoms with van der Waals surface area (Å²) in [7, 11) is -7.05. The van der Waals surface area contributed by atoms with Crippen molar-refractivity contribution >= 4 is 25.6 Å². The van der Waals surface area contributed by atoms with Gasteiger partial charge in [-0.15, -0.1) is 0 Å². The van der Waals surface area contributed by atoms with Crippen LogP contribution in [0, 0.1) is 0 Å². The van der Waals surface area contributed by atoms with Crippen LogP contribution in [0.3, 0.4) is 0 Å². The van der Waals surface area contributed by atoms with Gasteiger partial charge in [-0.1, -0.05) is 0 Å². The van der Waals surface area contributed by atoms with Crippen molar-refractivity contribution < 1.29 is 16.8 Å². The average Bonchev–Trinajstić information content (AvgIpc) is 2.60. The fourth-order valence-corrected chi connectivity index (χ4v) is 3.02. The molecule has 0 atom stereocenters. The maximum atomic E-state index is 11.4. The Morgan fingerprint density at radius 3 is 1.33 bits per heavy atom. The van der Waals surface area contributed by atoms with E-state index in [1.807, 2.05) is 0 Å². The second kappa shape index (κ2) is 6.59. The molecule has 3 aromatic rings. The van der Waals surface area contributed by atoms with Gasteiger partial charge in [0, 0.05) is 48.4 Å². The quantitative estimate of drug-likeness (QED) is 0.566. The summed E-state index contributed by atoms with van der Waals surface area (Å²) in [6.45, 7) is 0. The molecule has 3 aromatic heterocycles. The summed E-state index contributed by atoms with van der Waals surface area (Å²) >= 11 is 0. The fourth-order valence-electron chi connectivity index (χ4n) is 2.04. The van der Waals surface area contributed by atoms with Crippen LogP contribution in [0.2, 0.25) is 0 Å². The number of nitrogens with two attached hydrogens (primary N) is 1. The van der Waals surface area contributed by atoms with Crippen molar-refractivity contribution in [2.45, 2.75) is 10.3 Å². The van der Waals surface area contributed by atoms with Crippen LogP contribution in [0.15, 0.2) is 41.2 Å². The van der Waals surface area contributed by atoms with E-state index in [2.05, 4.69) is 29.9 Å². The Balaban J connectivity index is 2.02. The number of hydrogen-bond acceptors (Lipinski definition) is 11. The van der Waals surface area contributed by atoms with Crippen molar-refractivity contribution in [2.75, 3.05) is 18.2 Å². The molecule has 140 valence electrons. The largest absolute Gasteiger partial charge is 0.368 e. The van der Waals surface area contributed by atoms with Crippen molar-refractivity contribution in [1.82, 2.24) is 29.9 Å². The number of nitrogens with zero attached hydrogens (tertiary/aromatic N) is 6. The summed E-state index contributed by atoms with van der Waals surface area (Å²) < 4.78 is 45.8. The molecule has 0 aliphatic heterocycles. The average molecular weight is 407 g/mol. The predicted molar refractivity (Wildman–Crippen MR) is 94.7 cm³/mol. The van der Waals surface area contributed by atoms with E-state index in [1.165, 1.54) is 24.8 Å². The maximum Gasteiger partial charge on any atom is 0.246 e. The van der Waals surface area contributed by atoms with Gasteiger partial charge in [0.1, 0.15) is 0 Å². The van der Waals surface area contributed by atoms with Crippen LogP contribution >= 0.6 is 0 Å². The second-order valence-electron chi connectivity index (χ2n) is 5.55. The minimum absolute atomic E-state index is 0.0538. The Labute approximate surface area is 154 Å². The van der Waals surface area contributed by atoms with Gasteiger partial charge in [0.2, 0.25) is 35.9 Å². The maximum absolute atomic E-state index is 11.4. The molecule has 0 unspecified atom stereocenters. The fraction of sp³-hybridized carbons (Fsp3) is 0.143. The molecule has 0 aliphatic rings. The summed E-state index contributed by atoms with van der Waals surface area (Å²) in [4.78, 5) is 23.4. The number of sulfone groups is 2. The van der Waals surface area contributed by atoms with Gasteiger partial charge in [0.25, 0.3) is 0 Å². The number of rotatable bonds is 4. The molecular weight excluding hydrogens is 394 g/mol. The molecule has 0 saturated heterocycles. The highest BCUT2D eigenvalue weighted by atomic mass is 32.2. The number of hydrogen-bond donors (Lipinski definition) is 1. The Morgan fingerprint density at radius 1 is 0.704 bits per heavy atom. The Hall–Kier alpha value is -3.06. The van der Waals surface area contributed by atoms with Gasteiger partial charge >= 0.3 is 0 Å². The second-order valence-corrected chi connectivity index (χ2v) is 9.37. The molecule has 3 rings (SSSR count). The molecular formula is C14H13N7O4S2. The molecule has 27 heavy (non-hydrogen) atoms. The topological polar surface area (TPSA) is 172 Å². The lowest BCUT2D eigenvalue weighted by Gasteiger charge is -2.06. The van der Waals surface area contributed by atoms with Gasteiger partial charge in [0.05, 0.1) is 11.4 Å². The first-order chi connectivity index (χ1) is 12.5. The molecule has 3 heterocycles. The lowest BCUT2D eigenvalue weighted by molar-refractivity contribution is 0.591. The lowest BCUT2D eigenvalue weighted by atomic mass is 10.1. The van der Waals surface area contributed by atoms with Crippen LogP contribution in [-0.4, -0.2) is 59.3 Å². The highest BCUT2D eigenvalue weighted by Gasteiger charge is 2.14. The van der Waals surface area contributed by atoms with Gasteiger partial charge in [0.15, 0.2) is 0 Å². The first kappa shape index (κ1) is 18.7. The molecule has 0 aromatic carbocycles. The molecule has 0 amide bonds.